The van der Waals surface area contributed by atoms with E-state index in [0.717, 1.165) is 18.8 Å². The van der Waals surface area contributed by atoms with E-state index in [2.05, 4.69) is 35.3 Å². The van der Waals surface area contributed by atoms with Gasteiger partial charge in [0.05, 0.1) is 17.9 Å². The smallest absolute Gasteiger partial charge is 0.0948 e. The lowest BCUT2D eigenvalue weighted by Gasteiger charge is -2.20. The van der Waals surface area contributed by atoms with Gasteiger partial charge in [-0.3, -0.25) is 0 Å². The van der Waals surface area contributed by atoms with Crippen molar-refractivity contribution in [3.8, 4) is 0 Å². The van der Waals surface area contributed by atoms with Crippen molar-refractivity contribution in [2.45, 2.75) is 45.2 Å². The van der Waals surface area contributed by atoms with Crippen molar-refractivity contribution < 1.29 is 0 Å². The van der Waals surface area contributed by atoms with Crippen LogP contribution in [0.15, 0.2) is 12.5 Å². The summed E-state index contributed by atoms with van der Waals surface area (Å²) in [5, 5.41) is 0. The molecule has 0 saturated heterocycles. The Labute approximate surface area is 103 Å². The molecule has 0 amide bonds. The second-order valence-corrected chi connectivity index (χ2v) is 4.76. The van der Waals surface area contributed by atoms with Gasteiger partial charge in [0.1, 0.15) is 0 Å². The zero-order chi connectivity index (χ0) is 12.0. The van der Waals surface area contributed by atoms with Gasteiger partial charge in [0.15, 0.2) is 0 Å². The van der Waals surface area contributed by atoms with Gasteiger partial charge in [-0.1, -0.05) is 0 Å². The lowest BCUT2D eigenvalue weighted by molar-refractivity contribution is 0.266. The summed E-state index contributed by atoms with van der Waals surface area (Å²) in [6.07, 6.45) is 6.10. The summed E-state index contributed by atoms with van der Waals surface area (Å²) in [6, 6.07) is 0.631. The summed E-state index contributed by atoms with van der Waals surface area (Å²) in [4.78, 5) is 6.47. The molecule has 0 unspecified atom stereocenters. The van der Waals surface area contributed by atoms with Crippen molar-refractivity contribution in [3.05, 3.63) is 18.2 Å². The largest absolute Gasteiger partial charge is 0.333 e. The van der Waals surface area contributed by atoms with E-state index in [1.54, 1.807) is 0 Å². The van der Waals surface area contributed by atoms with Crippen molar-refractivity contribution in [1.29, 1.82) is 0 Å². The number of alkyl halides is 1. The Balaban J connectivity index is 2.21. The summed E-state index contributed by atoms with van der Waals surface area (Å²) >= 11 is 5.81. The summed E-state index contributed by atoms with van der Waals surface area (Å²) < 4.78 is 2.14. The molecule has 1 rings (SSSR count). The van der Waals surface area contributed by atoms with Crippen LogP contribution in [0.3, 0.4) is 0 Å². The molecule has 16 heavy (non-hydrogen) atoms. The molecule has 1 aromatic heterocycles. The minimum absolute atomic E-state index is 0.548. The third-order valence-corrected chi connectivity index (χ3v) is 3.25. The van der Waals surface area contributed by atoms with E-state index in [0.29, 0.717) is 11.9 Å². The van der Waals surface area contributed by atoms with Crippen LogP contribution in [-0.4, -0.2) is 34.1 Å². The van der Waals surface area contributed by atoms with Crippen LogP contribution in [0.4, 0.5) is 0 Å². The SMILES string of the molecule is CC(C)N(C)CCCCn1cncc1CCl. The van der Waals surface area contributed by atoms with Gasteiger partial charge in [-0.2, -0.15) is 0 Å². The molecule has 4 heteroatoms. The van der Waals surface area contributed by atoms with E-state index < -0.39 is 0 Å². The van der Waals surface area contributed by atoms with Crippen LogP contribution < -0.4 is 0 Å². The second-order valence-electron chi connectivity index (χ2n) is 4.49. The average molecular weight is 244 g/mol. The predicted molar refractivity (Wildman–Crippen MR) is 68.8 cm³/mol. The van der Waals surface area contributed by atoms with Gasteiger partial charge in [-0.15, -0.1) is 11.6 Å². The molecular weight excluding hydrogens is 222 g/mol. The van der Waals surface area contributed by atoms with Gasteiger partial charge in [-0.05, 0) is 40.3 Å². The molecule has 0 aliphatic carbocycles. The highest BCUT2D eigenvalue weighted by atomic mass is 35.5. The highest BCUT2D eigenvalue weighted by molar-refractivity contribution is 6.16. The average Bonchev–Trinajstić information content (AvgIpc) is 2.71. The Hall–Kier alpha value is -0.540. The van der Waals surface area contributed by atoms with Crippen molar-refractivity contribution >= 4 is 11.6 Å². The monoisotopic (exact) mass is 243 g/mol. The number of hydrogen-bond acceptors (Lipinski definition) is 2. The van der Waals surface area contributed by atoms with E-state index in [9.17, 15) is 0 Å². The molecule has 0 aliphatic rings. The molecule has 0 spiro atoms. The number of aryl methyl sites for hydroxylation is 1. The molecule has 92 valence electrons. The number of unbranched alkanes of at least 4 members (excludes halogenated alkanes) is 1. The van der Waals surface area contributed by atoms with Crippen molar-refractivity contribution in [2.75, 3.05) is 13.6 Å². The Bertz CT molecular complexity index is 296. The maximum atomic E-state index is 5.81. The van der Waals surface area contributed by atoms with Gasteiger partial charge in [-0.25, -0.2) is 4.98 Å². The predicted octanol–water partition coefficient (Wildman–Crippen LogP) is 2.74. The van der Waals surface area contributed by atoms with Gasteiger partial charge in [0.25, 0.3) is 0 Å². The van der Waals surface area contributed by atoms with Crippen LogP contribution in [-0.2, 0) is 12.4 Å². The molecule has 0 N–H and O–H groups in total. The molecule has 0 saturated carbocycles. The van der Waals surface area contributed by atoms with Crippen molar-refractivity contribution in [2.24, 2.45) is 0 Å². The standard InChI is InChI=1S/C12H22ClN3/c1-11(2)15(3)6-4-5-7-16-10-14-9-12(16)8-13/h9-11H,4-8H2,1-3H3. The Morgan fingerprint density at radius 3 is 2.81 bits per heavy atom. The summed E-state index contributed by atoms with van der Waals surface area (Å²) in [7, 11) is 2.17. The molecule has 1 aromatic rings. The number of nitrogens with zero attached hydrogens (tertiary/aromatic N) is 3. The molecule has 0 atom stereocenters. The van der Waals surface area contributed by atoms with Crippen molar-refractivity contribution in [3.63, 3.8) is 0 Å². The number of aromatic nitrogens is 2. The van der Waals surface area contributed by atoms with Crippen LogP contribution in [0.25, 0.3) is 0 Å². The van der Waals surface area contributed by atoms with Gasteiger partial charge < -0.3 is 9.47 Å². The van der Waals surface area contributed by atoms with Crippen LogP contribution >= 0.6 is 11.6 Å². The zero-order valence-electron chi connectivity index (χ0n) is 10.5. The highest BCUT2D eigenvalue weighted by Crippen LogP contribution is 2.06. The Morgan fingerprint density at radius 2 is 2.19 bits per heavy atom. The summed E-state index contributed by atoms with van der Waals surface area (Å²) in [6.45, 7) is 6.62. The van der Waals surface area contributed by atoms with Gasteiger partial charge >= 0.3 is 0 Å². The van der Waals surface area contributed by atoms with Gasteiger partial charge in [0.2, 0.25) is 0 Å². The lowest BCUT2D eigenvalue weighted by Crippen LogP contribution is -2.27. The Morgan fingerprint density at radius 1 is 1.44 bits per heavy atom. The molecular formula is C12H22ClN3. The first kappa shape index (κ1) is 13.5. The summed E-state index contributed by atoms with van der Waals surface area (Å²) in [5.41, 5.74) is 1.11. The van der Waals surface area contributed by atoms with Crippen LogP contribution in [0.2, 0.25) is 0 Å². The normalized spacial score (nSPS) is 11.6. The maximum absolute atomic E-state index is 5.81. The van der Waals surface area contributed by atoms with Gasteiger partial charge in [0, 0.05) is 18.8 Å². The fourth-order valence-corrected chi connectivity index (χ4v) is 1.78. The number of imidazole rings is 1. The molecule has 0 fully saturated rings. The fourth-order valence-electron chi connectivity index (χ4n) is 1.56. The number of hydrogen-bond donors (Lipinski definition) is 0. The van der Waals surface area contributed by atoms with Crippen molar-refractivity contribution in [1.82, 2.24) is 14.5 Å². The lowest BCUT2D eigenvalue weighted by atomic mass is 10.2. The van der Waals surface area contributed by atoms with E-state index in [-0.39, 0.29) is 0 Å². The van der Waals surface area contributed by atoms with E-state index in [1.807, 2.05) is 12.5 Å². The first-order valence-electron chi connectivity index (χ1n) is 5.90. The third kappa shape index (κ3) is 4.14. The first-order chi connectivity index (χ1) is 7.65. The fraction of sp³-hybridized carbons (Fsp3) is 0.750. The van der Waals surface area contributed by atoms with E-state index in [4.69, 9.17) is 11.6 Å². The van der Waals surface area contributed by atoms with Crippen LogP contribution in [0.1, 0.15) is 32.4 Å². The molecule has 0 aliphatic heterocycles. The topological polar surface area (TPSA) is 21.1 Å². The number of rotatable bonds is 7. The molecule has 0 radical (unpaired) electrons. The number of halogens is 1. The quantitative estimate of drug-likeness (QED) is 0.543. The minimum Gasteiger partial charge on any atom is -0.333 e. The van der Waals surface area contributed by atoms with E-state index >= 15 is 0 Å². The molecule has 3 nitrogen and oxygen atoms in total. The molecule has 0 bridgehead atoms. The molecule has 0 aromatic carbocycles. The van der Waals surface area contributed by atoms with Crippen LogP contribution in [0.5, 0.6) is 0 Å². The second kappa shape index (κ2) is 6.92. The molecule has 1 heterocycles. The highest BCUT2D eigenvalue weighted by Gasteiger charge is 2.03. The summed E-state index contributed by atoms with van der Waals surface area (Å²) in [5.74, 6) is 0.548. The van der Waals surface area contributed by atoms with E-state index in [1.165, 1.54) is 12.8 Å². The minimum atomic E-state index is 0.548. The Kier molecular flexibility index (Phi) is 5.85. The zero-order valence-corrected chi connectivity index (χ0v) is 11.2. The maximum Gasteiger partial charge on any atom is 0.0948 e. The van der Waals surface area contributed by atoms with Crippen LogP contribution in [0, 0.1) is 0 Å². The third-order valence-electron chi connectivity index (χ3n) is 2.98. The first-order valence-corrected chi connectivity index (χ1v) is 6.43.